The van der Waals surface area contributed by atoms with Crippen LogP contribution in [-0.4, -0.2) is 34.6 Å². The Balaban J connectivity index is 2.34. The van der Waals surface area contributed by atoms with E-state index < -0.39 is 17.8 Å². The maximum absolute atomic E-state index is 11.3. The predicted octanol–water partition coefficient (Wildman–Crippen LogP) is 0.480. The normalized spacial score (nSPS) is 23.1. The summed E-state index contributed by atoms with van der Waals surface area (Å²) in [5.74, 6) is -1.33. The molecule has 1 aliphatic heterocycles. The summed E-state index contributed by atoms with van der Waals surface area (Å²) >= 11 is 0. The van der Waals surface area contributed by atoms with Crippen LogP contribution in [0.25, 0.3) is 0 Å². The third kappa shape index (κ3) is 2.01. The van der Waals surface area contributed by atoms with Gasteiger partial charge in [-0.15, -0.1) is 0 Å². The minimum Gasteiger partial charge on any atom is -0.481 e. The molecule has 1 saturated heterocycles. The number of rotatable bonds is 3. The van der Waals surface area contributed by atoms with Crippen LogP contribution < -0.4 is 10.6 Å². The van der Waals surface area contributed by atoms with Gasteiger partial charge in [-0.25, -0.2) is 4.98 Å². The summed E-state index contributed by atoms with van der Waals surface area (Å²) in [4.78, 5) is 28.4. The quantitative estimate of drug-likeness (QED) is 0.812. The zero-order valence-electron chi connectivity index (χ0n) is 10.0. The maximum Gasteiger partial charge on any atom is 0.308 e. The highest BCUT2D eigenvalue weighted by atomic mass is 16.4. The number of aliphatic carboxylic acids is 1. The Morgan fingerprint density at radius 3 is 2.83 bits per heavy atom. The molecule has 2 atom stereocenters. The highest BCUT2D eigenvalue weighted by molar-refractivity contribution is 5.97. The molecule has 2 rings (SSSR count). The Labute approximate surface area is 104 Å². The van der Waals surface area contributed by atoms with Crippen LogP contribution in [0.4, 0.5) is 5.82 Å². The number of hydrogen-bond donors (Lipinski definition) is 2. The lowest BCUT2D eigenvalue weighted by Crippen LogP contribution is -2.35. The van der Waals surface area contributed by atoms with E-state index in [1.807, 2.05) is 11.8 Å². The van der Waals surface area contributed by atoms with E-state index >= 15 is 0 Å². The first-order valence-electron chi connectivity index (χ1n) is 5.76. The first kappa shape index (κ1) is 12.3. The van der Waals surface area contributed by atoms with Crippen molar-refractivity contribution in [2.45, 2.75) is 19.4 Å². The number of primary amides is 1. The first-order chi connectivity index (χ1) is 8.52. The van der Waals surface area contributed by atoms with Gasteiger partial charge in [-0.05, 0) is 25.5 Å². The number of pyridine rings is 1. The Kier molecular flexibility index (Phi) is 3.18. The van der Waals surface area contributed by atoms with Crippen LogP contribution >= 0.6 is 0 Å². The van der Waals surface area contributed by atoms with Gasteiger partial charge in [0.15, 0.2) is 0 Å². The Morgan fingerprint density at radius 1 is 1.56 bits per heavy atom. The zero-order valence-corrected chi connectivity index (χ0v) is 10.0. The van der Waals surface area contributed by atoms with Crippen molar-refractivity contribution in [1.82, 2.24) is 4.98 Å². The van der Waals surface area contributed by atoms with Gasteiger partial charge < -0.3 is 15.7 Å². The lowest BCUT2D eigenvalue weighted by molar-refractivity contribution is -0.141. The van der Waals surface area contributed by atoms with Crippen molar-refractivity contribution in [2.24, 2.45) is 11.7 Å². The second-order valence-electron chi connectivity index (χ2n) is 4.41. The summed E-state index contributed by atoms with van der Waals surface area (Å²) in [5, 5.41) is 9.09. The molecule has 18 heavy (non-hydrogen) atoms. The Morgan fingerprint density at radius 2 is 2.28 bits per heavy atom. The highest BCUT2D eigenvalue weighted by Crippen LogP contribution is 2.30. The second-order valence-corrected chi connectivity index (χ2v) is 4.41. The fraction of sp³-hybridized carbons (Fsp3) is 0.417. The van der Waals surface area contributed by atoms with Crippen molar-refractivity contribution in [2.75, 3.05) is 11.4 Å². The molecular weight excluding hydrogens is 234 g/mol. The van der Waals surface area contributed by atoms with E-state index in [9.17, 15) is 9.59 Å². The lowest BCUT2D eigenvalue weighted by atomic mass is 10.0. The highest BCUT2D eigenvalue weighted by Gasteiger charge is 2.37. The molecule has 1 aromatic rings. The summed E-state index contributed by atoms with van der Waals surface area (Å²) in [5.41, 5.74) is 5.63. The Bertz CT molecular complexity index is 489. The summed E-state index contributed by atoms with van der Waals surface area (Å²) < 4.78 is 0. The average molecular weight is 249 g/mol. The first-order valence-corrected chi connectivity index (χ1v) is 5.76. The van der Waals surface area contributed by atoms with E-state index in [0.29, 0.717) is 24.3 Å². The number of anilines is 1. The number of carboxylic acid groups (broad SMARTS) is 1. The number of carbonyl (C=O) groups is 2. The molecule has 0 spiro atoms. The van der Waals surface area contributed by atoms with Gasteiger partial charge in [-0.3, -0.25) is 9.59 Å². The fourth-order valence-electron chi connectivity index (χ4n) is 2.39. The minimum atomic E-state index is -0.818. The number of nitrogens with two attached hydrogens (primary N) is 1. The summed E-state index contributed by atoms with van der Waals surface area (Å²) in [6.07, 6.45) is 2.12. The van der Waals surface area contributed by atoms with Gasteiger partial charge in [0.1, 0.15) is 5.82 Å². The molecule has 6 nitrogen and oxygen atoms in total. The molecule has 0 bridgehead atoms. The van der Waals surface area contributed by atoms with Crippen LogP contribution in [-0.2, 0) is 4.79 Å². The molecule has 1 amide bonds. The van der Waals surface area contributed by atoms with Crippen molar-refractivity contribution in [3.05, 3.63) is 23.9 Å². The summed E-state index contributed by atoms with van der Waals surface area (Å²) in [6.45, 7) is 2.39. The molecule has 1 aliphatic rings. The largest absolute Gasteiger partial charge is 0.481 e. The van der Waals surface area contributed by atoms with E-state index in [0.717, 1.165) is 0 Å². The van der Waals surface area contributed by atoms with E-state index in [1.54, 1.807) is 18.3 Å². The van der Waals surface area contributed by atoms with Crippen LogP contribution in [0.1, 0.15) is 23.7 Å². The van der Waals surface area contributed by atoms with Gasteiger partial charge in [-0.2, -0.15) is 0 Å². The molecule has 0 saturated carbocycles. The molecule has 1 fully saturated rings. The number of hydrogen-bond acceptors (Lipinski definition) is 4. The number of amides is 1. The maximum atomic E-state index is 11.3. The third-order valence-electron chi connectivity index (χ3n) is 3.40. The van der Waals surface area contributed by atoms with Gasteiger partial charge >= 0.3 is 5.97 Å². The van der Waals surface area contributed by atoms with Gasteiger partial charge in [-0.1, -0.05) is 0 Å². The number of aromatic nitrogens is 1. The predicted molar refractivity (Wildman–Crippen MR) is 65.3 cm³/mol. The van der Waals surface area contributed by atoms with E-state index in [2.05, 4.69) is 4.98 Å². The standard InChI is InChI=1S/C12H15N3O3/c1-7-8(12(17)18)4-6-15(7)11-9(10(13)16)3-2-5-14-11/h2-3,5,7-8H,4,6H2,1H3,(H2,13,16)(H,17,18). The van der Waals surface area contributed by atoms with Gasteiger partial charge in [0.25, 0.3) is 5.91 Å². The van der Waals surface area contributed by atoms with Crippen molar-refractivity contribution in [1.29, 1.82) is 0 Å². The molecule has 2 unspecified atom stereocenters. The van der Waals surface area contributed by atoms with Gasteiger partial charge in [0, 0.05) is 18.8 Å². The fourth-order valence-corrected chi connectivity index (χ4v) is 2.39. The SMILES string of the molecule is CC1C(C(=O)O)CCN1c1ncccc1C(N)=O. The number of carbonyl (C=O) groups excluding carboxylic acids is 1. The number of nitrogens with zero attached hydrogens (tertiary/aromatic N) is 2. The average Bonchev–Trinajstić information content (AvgIpc) is 2.71. The van der Waals surface area contributed by atoms with Crippen LogP contribution in [0.3, 0.4) is 0 Å². The lowest BCUT2D eigenvalue weighted by Gasteiger charge is -2.25. The minimum absolute atomic E-state index is 0.199. The summed E-state index contributed by atoms with van der Waals surface area (Å²) in [6, 6.07) is 3.04. The van der Waals surface area contributed by atoms with Gasteiger partial charge in [0.2, 0.25) is 0 Å². The smallest absolute Gasteiger partial charge is 0.308 e. The topological polar surface area (TPSA) is 96.5 Å². The third-order valence-corrected chi connectivity index (χ3v) is 3.40. The molecule has 0 aromatic carbocycles. The molecular formula is C12H15N3O3. The van der Waals surface area contributed by atoms with Crippen molar-refractivity contribution < 1.29 is 14.7 Å². The zero-order chi connectivity index (χ0) is 13.3. The van der Waals surface area contributed by atoms with Crippen LogP contribution in [0, 0.1) is 5.92 Å². The molecule has 2 heterocycles. The molecule has 3 N–H and O–H groups in total. The van der Waals surface area contributed by atoms with E-state index in [-0.39, 0.29) is 6.04 Å². The van der Waals surface area contributed by atoms with Crippen molar-refractivity contribution in [3.8, 4) is 0 Å². The monoisotopic (exact) mass is 249 g/mol. The molecule has 0 aliphatic carbocycles. The molecule has 1 aromatic heterocycles. The molecule has 0 radical (unpaired) electrons. The van der Waals surface area contributed by atoms with Crippen LogP contribution in [0.5, 0.6) is 0 Å². The van der Waals surface area contributed by atoms with Crippen molar-refractivity contribution >= 4 is 17.7 Å². The summed E-state index contributed by atoms with van der Waals surface area (Å²) in [7, 11) is 0. The molecule has 6 heteroatoms. The van der Waals surface area contributed by atoms with E-state index in [4.69, 9.17) is 10.8 Å². The Hall–Kier alpha value is -2.11. The van der Waals surface area contributed by atoms with Gasteiger partial charge in [0.05, 0.1) is 11.5 Å². The van der Waals surface area contributed by atoms with Crippen LogP contribution in [0.15, 0.2) is 18.3 Å². The molecule has 96 valence electrons. The van der Waals surface area contributed by atoms with Crippen molar-refractivity contribution in [3.63, 3.8) is 0 Å². The van der Waals surface area contributed by atoms with Crippen LogP contribution in [0.2, 0.25) is 0 Å². The number of carboxylic acids is 1. The second kappa shape index (κ2) is 4.64. The van der Waals surface area contributed by atoms with E-state index in [1.165, 1.54) is 0 Å².